The van der Waals surface area contributed by atoms with Crippen LogP contribution in [0.25, 0.3) is 0 Å². The van der Waals surface area contributed by atoms with E-state index in [1.807, 2.05) is 10.3 Å². The SMILES string of the molecule is CCCc1nc(C(=O)N2CCNCC2C(=O)N2CCN(C)CC2)cs1. The predicted octanol–water partition coefficient (Wildman–Crippen LogP) is 0.284. The van der Waals surface area contributed by atoms with Gasteiger partial charge in [0.15, 0.2) is 0 Å². The van der Waals surface area contributed by atoms with Gasteiger partial charge in [-0.25, -0.2) is 4.98 Å². The number of aryl methyl sites for hydroxylation is 1. The Morgan fingerprint density at radius 3 is 2.76 bits per heavy atom. The molecule has 0 spiro atoms. The molecule has 0 radical (unpaired) electrons. The lowest BCUT2D eigenvalue weighted by Gasteiger charge is -2.40. The number of nitrogens with zero attached hydrogens (tertiary/aromatic N) is 4. The summed E-state index contributed by atoms with van der Waals surface area (Å²) in [6.45, 7) is 7.09. The summed E-state index contributed by atoms with van der Waals surface area (Å²) in [6, 6.07) is -0.430. The van der Waals surface area contributed by atoms with Gasteiger partial charge in [0.1, 0.15) is 11.7 Å². The highest BCUT2D eigenvalue weighted by Gasteiger charge is 2.36. The molecule has 2 amide bonds. The standard InChI is InChI=1S/C17H27N5O2S/c1-3-4-15-19-13(12-25-15)16(23)22-6-5-18-11-14(22)17(24)21-9-7-20(2)8-10-21/h12,14,18H,3-11H2,1-2H3. The van der Waals surface area contributed by atoms with E-state index in [1.165, 1.54) is 11.3 Å². The minimum Gasteiger partial charge on any atom is -0.338 e. The van der Waals surface area contributed by atoms with E-state index in [9.17, 15) is 9.59 Å². The highest BCUT2D eigenvalue weighted by atomic mass is 32.1. The Morgan fingerprint density at radius 2 is 2.04 bits per heavy atom. The van der Waals surface area contributed by atoms with Gasteiger partial charge in [0.2, 0.25) is 5.91 Å². The van der Waals surface area contributed by atoms with Crippen molar-refractivity contribution in [3.05, 3.63) is 16.1 Å². The van der Waals surface area contributed by atoms with E-state index in [-0.39, 0.29) is 11.8 Å². The predicted molar refractivity (Wildman–Crippen MR) is 97.9 cm³/mol. The summed E-state index contributed by atoms with van der Waals surface area (Å²) in [5.41, 5.74) is 0.478. The zero-order chi connectivity index (χ0) is 17.8. The monoisotopic (exact) mass is 365 g/mol. The van der Waals surface area contributed by atoms with E-state index >= 15 is 0 Å². The summed E-state index contributed by atoms with van der Waals surface area (Å²) in [4.78, 5) is 36.2. The highest BCUT2D eigenvalue weighted by molar-refractivity contribution is 7.09. The molecule has 0 aliphatic carbocycles. The molecule has 25 heavy (non-hydrogen) atoms. The van der Waals surface area contributed by atoms with Crippen molar-refractivity contribution in [3.63, 3.8) is 0 Å². The smallest absolute Gasteiger partial charge is 0.274 e. The molecule has 2 aliphatic heterocycles. The maximum absolute atomic E-state index is 13.0. The Labute approximate surface area is 153 Å². The maximum atomic E-state index is 13.0. The largest absolute Gasteiger partial charge is 0.338 e. The Morgan fingerprint density at radius 1 is 1.28 bits per heavy atom. The number of amides is 2. The normalized spacial score (nSPS) is 22.2. The number of rotatable bonds is 4. The molecule has 0 saturated carbocycles. The zero-order valence-electron chi connectivity index (χ0n) is 15.0. The molecule has 1 atom stereocenters. The molecule has 1 aromatic rings. The van der Waals surface area contributed by atoms with Gasteiger partial charge in [-0.15, -0.1) is 11.3 Å². The van der Waals surface area contributed by atoms with Gasteiger partial charge in [-0.05, 0) is 19.9 Å². The average Bonchev–Trinajstić information content (AvgIpc) is 3.10. The molecule has 138 valence electrons. The number of carbonyl (C=O) groups is 2. The van der Waals surface area contributed by atoms with Gasteiger partial charge < -0.3 is 20.0 Å². The van der Waals surface area contributed by atoms with Gasteiger partial charge in [0, 0.05) is 51.2 Å². The van der Waals surface area contributed by atoms with E-state index < -0.39 is 6.04 Å². The lowest BCUT2D eigenvalue weighted by molar-refractivity contribution is -0.138. The van der Waals surface area contributed by atoms with Crippen molar-refractivity contribution in [2.24, 2.45) is 0 Å². The van der Waals surface area contributed by atoms with E-state index in [1.54, 1.807) is 4.90 Å². The quantitative estimate of drug-likeness (QED) is 0.830. The molecule has 3 rings (SSSR count). The fourth-order valence-electron chi connectivity index (χ4n) is 3.29. The van der Waals surface area contributed by atoms with Crippen LogP contribution in [-0.4, -0.2) is 90.4 Å². The molecule has 3 heterocycles. The zero-order valence-corrected chi connectivity index (χ0v) is 15.8. The number of hydrogen-bond donors (Lipinski definition) is 1. The minimum atomic E-state index is -0.430. The Kier molecular flexibility index (Phi) is 6.03. The van der Waals surface area contributed by atoms with Crippen LogP contribution in [-0.2, 0) is 11.2 Å². The fraction of sp³-hybridized carbons (Fsp3) is 0.706. The van der Waals surface area contributed by atoms with Crippen molar-refractivity contribution < 1.29 is 9.59 Å². The topological polar surface area (TPSA) is 68.8 Å². The summed E-state index contributed by atoms with van der Waals surface area (Å²) in [5, 5.41) is 6.07. The lowest BCUT2D eigenvalue weighted by atomic mass is 10.1. The number of hydrogen-bond acceptors (Lipinski definition) is 6. The first-order chi connectivity index (χ1) is 12.1. The van der Waals surface area contributed by atoms with Crippen LogP contribution in [0.15, 0.2) is 5.38 Å². The third-order valence-corrected chi connectivity index (χ3v) is 5.75. The molecular formula is C17H27N5O2S. The van der Waals surface area contributed by atoms with E-state index in [0.717, 1.165) is 44.0 Å². The maximum Gasteiger partial charge on any atom is 0.274 e. The minimum absolute atomic E-state index is 0.0534. The van der Waals surface area contributed by atoms with E-state index in [2.05, 4.69) is 29.2 Å². The van der Waals surface area contributed by atoms with Crippen LogP contribution in [0.5, 0.6) is 0 Å². The van der Waals surface area contributed by atoms with Crippen LogP contribution >= 0.6 is 11.3 Å². The number of piperazine rings is 2. The first kappa shape index (κ1) is 18.3. The van der Waals surface area contributed by atoms with Gasteiger partial charge in [-0.3, -0.25) is 9.59 Å². The fourth-order valence-corrected chi connectivity index (χ4v) is 4.16. The van der Waals surface area contributed by atoms with Gasteiger partial charge in [-0.2, -0.15) is 0 Å². The van der Waals surface area contributed by atoms with Crippen molar-refractivity contribution in [1.29, 1.82) is 0 Å². The molecule has 1 unspecified atom stereocenters. The first-order valence-corrected chi connectivity index (χ1v) is 9.91. The molecule has 2 fully saturated rings. The molecule has 1 aromatic heterocycles. The van der Waals surface area contributed by atoms with Crippen LogP contribution in [0, 0.1) is 0 Å². The lowest BCUT2D eigenvalue weighted by Crippen LogP contribution is -2.62. The van der Waals surface area contributed by atoms with Crippen LogP contribution in [0.3, 0.4) is 0 Å². The second-order valence-corrected chi connectivity index (χ2v) is 7.67. The molecule has 0 bridgehead atoms. The Balaban J connectivity index is 1.71. The van der Waals surface area contributed by atoms with Crippen LogP contribution in [0.1, 0.15) is 28.8 Å². The number of likely N-dealkylation sites (N-methyl/N-ethyl adjacent to an activating group) is 1. The third-order valence-electron chi connectivity index (χ3n) is 4.84. The van der Waals surface area contributed by atoms with Gasteiger partial charge in [0.05, 0.1) is 5.01 Å². The number of nitrogens with one attached hydrogen (secondary N) is 1. The van der Waals surface area contributed by atoms with Gasteiger partial charge >= 0.3 is 0 Å². The summed E-state index contributed by atoms with van der Waals surface area (Å²) in [6.07, 6.45) is 1.91. The van der Waals surface area contributed by atoms with Crippen molar-refractivity contribution in [3.8, 4) is 0 Å². The second-order valence-electron chi connectivity index (χ2n) is 6.72. The Bertz CT molecular complexity index is 612. The summed E-state index contributed by atoms with van der Waals surface area (Å²) < 4.78 is 0. The van der Waals surface area contributed by atoms with Crippen molar-refractivity contribution in [1.82, 2.24) is 25.0 Å². The van der Waals surface area contributed by atoms with E-state index in [4.69, 9.17) is 0 Å². The molecule has 7 nitrogen and oxygen atoms in total. The number of carbonyl (C=O) groups excluding carboxylic acids is 2. The molecule has 2 saturated heterocycles. The van der Waals surface area contributed by atoms with Crippen molar-refractivity contribution >= 4 is 23.2 Å². The van der Waals surface area contributed by atoms with Crippen LogP contribution in [0.2, 0.25) is 0 Å². The number of aromatic nitrogens is 1. The molecule has 0 aromatic carbocycles. The number of thiazole rings is 1. The van der Waals surface area contributed by atoms with Crippen molar-refractivity contribution in [2.45, 2.75) is 25.8 Å². The average molecular weight is 366 g/mol. The summed E-state index contributed by atoms with van der Waals surface area (Å²) >= 11 is 1.53. The molecular weight excluding hydrogens is 338 g/mol. The second kappa shape index (κ2) is 8.25. The van der Waals surface area contributed by atoms with Gasteiger partial charge in [-0.1, -0.05) is 6.92 Å². The third kappa shape index (κ3) is 4.19. The van der Waals surface area contributed by atoms with Crippen LogP contribution < -0.4 is 5.32 Å². The van der Waals surface area contributed by atoms with Crippen LogP contribution in [0.4, 0.5) is 0 Å². The van der Waals surface area contributed by atoms with E-state index in [0.29, 0.717) is 25.3 Å². The highest BCUT2D eigenvalue weighted by Crippen LogP contribution is 2.17. The molecule has 8 heteroatoms. The molecule has 1 N–H and O–H groups in total. The molecule has 2 aliphatic rings. The first-order valence-electron chi connectivity index (χ1n) is 9.03. The van der Waals surface area contributed by atoms with Gasteiger partial charge in [0.25, 0.3) is 5.91 Å². The Hall–Kier alpha value is -1.51. The summed E-state index contributed by atoms with van der Waals surface area (Å²) in [5.74, 6) is -0.0646. The summed E-state index contributed by atoms with van der Waals surface area (Å²) in [7, 11) is 2.07. The van der Waals surface area contributed by atoms with Crippen molar-refractivity contribution in [2.75, 3.05) is 52.9 Å².